The van der Waals surface area contributed by atoms with Crippen LogP contribution < -0.4 is 10.5 Å². The highest BCUT2D eigenvalue weighted by Crippen LogP contribution is 2.37. The van der Waals surface area contributed by atoms with Crippen molar-refractivity contribution in [1.82, 2.24) is 14.8 Å². The van der Waals surface area contributed by atoms with Gasteiger partial charge in [-0.1, -0.05) is 42.5 Å². The zero-order valence-electron chi connectivity index (χ0n) is 25.9. The maximum absolute atomic E-state index is 12.9. The number of rotatable bonds is 9. The number of ether oxygens (including phenoxy) is 2. The van der Waals surface area contributed by atoms with Gasteiger partial charge in [-0.05, 0) is 83.4 Å². The van der Waals surface area contributed by atoms with Crippen LogP contribution in [0, 0.1) is 5.92 Å². The number of nitrogens with zero attached hydrogens (tertiary/aromatic N) is 3. The van der Waals surface area contributed by atoms with Crippen LogP contribution in [0.15, 0.2) is 65.2 Å². The SMILES string of the molecule is CC(C)(C)OC(=O)N1CC(CCC(Nc2cccc([S+](N)[O-])n2)C2=CCN(C(=O)OCc3ccccc3)CC2)CC1(C)C. The van der Waals surface area contributed by atoms with Crippen LogP contribution in [0.2, 0.25) is 0 Å². The standard InChI is InChI=1S/C32H45N5O5S/c1-31(2,3)42-30(39)37-21-24(20-32(37,4)5)14-15-26(34-27-12-9-13-28(35-27)43(33)40)25-16-18-36(19-17-25)29(38)41-22-23-10-7-6-8-11-23/h6-13,16,24,26H,14-15,17-22,33H2,1-5H3,(H,34,35). The lowest BCUT2D eigenvalue weighted by Gasteiger charge is -2.33. The molecule has 234 valence electrons. The number of pyridine rings is 1. The third kappa shape index (κ3) is 9.35. The Morgan fingerprint density at radius 2 is 1.91 bits per heavy atom. The van der Waals surface area contributed by atoms with Crippen LogP contribution in [0.25, 0.3) is 0 Å². The Kier molecular flexibility index (Phi) is 10.6. The molecule has 4 rings (SSSR count). The highest BCUT2D eigenvalue weighted by atomic mass is 32.2. The van der Waals surface area contributed by atoms with E-state index < -0.39 is 17.0 Å². The number of amides is 2. The van der Waals surface area contributed by atoms with Crippen LogP contribution in [-0.4, -0.2) is 68.3 Å². The first kappa shape index (κ1) is 32.6. The van der Waals surface area contributed by atoms with Gasteiger partial charge in [0.2, 0.25) is 0 Å². The molecule has 1 saturated heterocycles. The lowest BCUT2D eigenvalue weighted by Crippen LogP contribution is -2.45. The average molecular weight is 612 g/mol. The number of nitrogens with two attached hydrogens (primary N) is 1. The van der Waals surface area contributed by atoms with Crippen LogP contribution in [0.1, 0.15) is 65.9 Å². The van der Waals surface area contributed by atoms with E-state index in [1.54, 1.807) is 17.0 Å². The van der Waals surface area contributed by atoms with Gasteiger partial charge >= 0.3 is 12.2 Å². The van der Waals surface area contributed by atoms with Crippen LogP contribution in [-0.2, 0) is 27.4 Å². The maximum Gasteiger partial charge on any atom is 0.410 e. The number of aromatic nitrogens is 1. The summed E-state index contributed by atoms with van der Waals surface area (Å²) in [5, 5.41) is 9.42. The van der Waals surface area contributed by atoms with Crippen molar-refractivity contribution < 1.29 is 23.6 Å². The number of hydrogen-bond acceptors (Lipinski definition) is 8. The van der Waals surface area contributed by atoms with Crippen molar-refractivity contribution in [3.63, 3.8) is 0 Å². The molecule has 0 spiro atoms. The van der Waals surface area contributed by atoms with Crippen molar-refractivity contribution in [1.29, 1.82) is 0 Å². The van der Waals surface area contributed by atoms with Crippen molar-refractivity contribution in [2.45, 2.75) is 89.1 Å². The zero-order chi connectivity index (χ0) is 31.2. The van der Waals surface area contributed by atoms with E-state index >= 15 is 0 Å². The normalized spacial score (nSPS) is 19.8. The Balaban J connectivity index is 1.42. The highest BCUT2D eigenvalue weighted by Gasteiger charge is 2.43. The van der Waals surface area contributed by atoms with Gasteiger partial charge in [-0.25, -0.2) is 9.59 Å². The lowest BCUT2D eigenvalue weighted by atomic mass is 9.89. The second-order valence-electron chi connectivity index (χ2n) is 12.9. The molecule has 3 heterocycles. The molecule has 1 aromatic heterocycles. The fourth-order valence-corrected chi connectivity index (χ4v) is 6.14. The number of carbonyl (C=O) groups excluding carboxylic acids is 2. The molecule has 10 nitrogen and oxygen atoms in total. The molecule has 0 aliphatic carbocycles. The molecule has 2 aromatic rings. The van der Waals surface area contributed by atoms with E-state index in [1.165, 1.54) is 5.57 Å². The summed E-state index contributed by atoms with van der Waals surface area (Å²) in [7, 11) is 0. The summed E-state index contributed by atoms with van der Waals surface area (Å²) in [4.78, 5) is 33.7. The molecular weight excluding hydrogens is 566 g/mol. The van der Waals surface area contributed by atoms with Gasteiger partial charge in [-0.2, -0.15) is 4.98 Å². The van der Waals surface area contributed by atoms with Gasteiger partial charge in [0, 0.05) is 37.3 Å². The Morgan fingerprint density at radius 3 is 2.56 bits per heavy atom. The van der Waals surface area contributed by atoms with Crippen LogP contribution in [0.4, 0.5) is 15.4 Å². The minimum Gasteiger partial charge on any atom is -0.592 e. The van der Waals surface area contributed by atoms with Crippen molar-refractivity contribution in [2.75, 3.05) is 25.0 Å². The molecule has 0 radical (unpaired) electrons. The molecule has 2 aliphatic heterocycles. The summed E-state index contributed by atoms with van der Waals surface area (Å²) in [5.41, 5.74) is 1.27. The van der Waals surface area contributed by atoms with Gasteiger partial charge in [0.05, 0.1) is 11.4 Å². The van der Waals surface area contributed by atoms with Crippen molar-refractivity contribution in [3.8, 4) is 0 Å². The van der Waals surface area contributed by atoms with E-state index in [4.69, 9.17) is 14.6 Å². The summed E-state index contributed by atoms with van der Waals surface area (Å²) in [6, 6.07) is 14.8. The topological polar surface area (TPSA) is 133 Å². The fraction of sp³-hybridized carbons (Fsp3) is 0.531. The third-order valence-electron chi connectivity index (χ3n) is 7.84. The summed E-state index contributed by atoms with van der Waals surface area (Å²) in [5.74, 6) is 0.894. The zero-order valence-corrected chi connectivity index (χ0v) is 26.7. The molecule has 11 heteroatoms. The van der Waals surface area contributed by atoms with Gasteiger partial charge in [0.15, 0.2) is 0 Å². The summed E-state index contributed by atoms with van der Waals surface area (Å²) < 4.78 is 23.1. The number of anilines is 1. The fourth-order valence-electron chi connectivity index (χ4n) is 5.73. The molecule has 1 fully saturated rings. The molecule has 2 amide bonds. The van der Waals surface area contributed by atoms with E-state index in [0.29, 0.717) is 42.8 Å². The van der Waals surface area contributed by atoms with Crippen LogP contribution in [0.3, 0.4) is 0 Å². The number of hydrogen-bond donors (Lipinski definition) is 2. The Bertz CT molecular complexity index is 1280. The van der Waals surface area contributed by atoms with Gasteiger partial charge in [-0.15, -0.1) is 5.14 Å². The van der Waals surface area contributed by atoms with E-state index in [9.17, 15) is 14.1 Å². The van der Waals surface area contributed by atoms with Crippen LogP contribution in [0.5, 0.6) is 0 Å². The molecule has 3 N–H and O–H groups in total. The largest absolute Gasteiger partial charge is 0.592 e. The predicted molar refractivity (Wildman–Crippen MR) is 168 cm³/mol. The second kappa shape index (κ2) is 14.0. The molecule has 3 unspecified atom stereocenters. The molecular formula is C32H45N5O5S. The van der Waals surface area contributed by atoms with E-state index in [0.717, 1.165) is 24.8 Å². The summed E-state index contributed by atoms with van der Waals surface area (Å²) in [6.45, 7) is 11.7. The Morgan fingerprint density at radius 1 is 1.16 bits per heavy atom. The van der Waals surface area contributed by atoms with Crippen molar-refractivity contribution in [3.05, 3.63) is 65.7 Å². The quantitative estimate of drug-likeness (QED) is 0.275. The highest BCUT2D eigenvalue weighted by molar-refractivity contribution is 7.89. The number of nitrogens with one attached hydrogen (secondary N) is 1. The first-order valence-electron chi connectivity index (χ1n) is 14.9. The Labute approximate surface area is 258 Å². The van der Waals surface area contributed by atoms with E-state index in [-0.39, 0.29) is 30.4 Å². The minimum absolute atomic E-state index is 0.0601. The third-order valence-corrected chi connectivity index (χ3v) is 8.48. The molecule has 1 aromatic carbocycles. The van der Waals surface area contributed by atoms with Gasteiger partial charge in [-0.3, -0.25) is 0 Å². The first-order chi connectivity index (χ1) is 20.3. The minimum atomic E-state index is -1.69. The first-order valence-corrected chi connectivity index (χ1v) is 16.1. The molecule has 2 aliphatic rings. The average Bonchev–Trinajstić information content (AvgIpc) is 3.28. The van der Waals surface area contributed by atoms with E-state index in [2.05, 4.69) is 30.2 Å². The van der Waals surface area contributed by atoms with Crippen molar-refractivity contribution in [2.24, 2.45) is 11.1 Å². The summed E-state index contributed by atoms with van der Waals surface area (Å²) >= 11 is -1.69. The molecule has 0 bridgehead atoms. The Hall–Kier alpha value is -3.28. The van der Waals surface area contributed by atoms with Gasteiger partial charge < -0.3 is 29.1 Å². The van der Waals surface area contributed by atoms with Crippen LogP contribution >= 0.6 is 0 Å². The lowest BCUT2D eigenvalue weighted by molar-refractivity contribution is 0.0130. The van der Waals surface area contributed by atoms with Gasteiger partial charge in [0.25, 0.3) is 5.03 Å². The smallest absolute Gasteiger partial charge is 0.410 e. The molecule has 0 saturated carbocycles. The number of carbonyl (C=O) groups is 2. The van der Waals surface area contributed by atoms with Crippen molar-refractivity contribution >= 4 is 29.4 Å². The monoisotopic (exact) mass is 611 g/mol. The number of likely N-dealkylation sites (tertiary alicyclic amines) is 1. The predicted octanol–water partition coefficient (Wildman–Crippen LogP) is 5.63. The van der Waals surface area contributed by atoms with E-state index in [1.807, 2.05) is 62.1 Å². The maximum atomic E-state index is 12.9. The number of benzene rings is 1. The molecule has 43 heavy (non-hydrogen) atoms. The second-order valence-corrected chi connectivity index (χ2v) is 13.9. The van der Waals surface area contributed by atoms with Gasteiger partial charge in [0.1, 0.15) is 18.0 Å². The molecule has 3 atom stereocenters. The summed E-state index contributed by atoms with van der Waals surface area (Å²) in [6.07, 6.45) is 4.70.